The van der Waals surface area contributed by atoms with Gasteiger partial charge in [0.2, 0.25) is 0 Å². The Kier molecular flexibility index (Phi) is 5.26. The van der Waals surface area contributed by atoms with Crippen LogP contribution in [0.3, 0.4) is 0 Å². The Bertz CT molecular complexity index is 473. The van der Waals surface area contributed by atoms with E-state index < -0.39 is 0 Å². The van der Waals surface area contributed by atoms with E-state index in [2.05, 4.69) is 17.1 Å². The highest BCUT2D eigenvalue weighted by molar-refractivity contribution is 6.33. The van der Waals surface area contributed by atoms with Gasteiger partial charge >= 0.3 is 0 Å². The number of carbonyl (C=O) groups excluding carboxylic acids is 1. The summed E-state index contributed by atoms with van der Waals surface area (Å²) in [5, 5.41) is 12.7. The molecule has 0 spiro atoms. The van der Waals surface area contributed by atoms with E-state index in [1.165, 1.54) is 37.5 Å². The van der Waals surface area contributed by atoms with Crippen LogP contribution in [-0.2, 0) is 0 Å². The van der Waals surface area contributed by atoms with Gasteiger partial charge in [-0.05, 0) is 51.1 Å². The van der Waals surface area contributed by atoms with Crippen LogP contribution in [0.15, 0.2) is 18.2 Å². The van der Waals surface area contributed by atoms with E-state index in [0.29, 0.717) is 23.2 Å². The summed E-state index contributed by atoms with van der Waals surface area (Å²) in [7, 11) is 0. The fourth-order valence-corrected chi connectivity index (χ4v) is 2.71. The molecule has 0 radical (unpaired) electrons. The molecule has 4 nitrogen and oxygen atoms in total. The van der Waals surface area contributed by atoms with Crippen molar-refractivity contribution in [1.29, 1.82) is 0 Å². The van der Waals surface area contributed by atoms with Crippen LogP contribution >= 0.6 is 11.6 Å². The number of aromatic hydroxyl groups is 1. The minimum Gasteiger partial charge on any atom is -0.508 e. The number of hydrogen-bond donors (Lipinski definition) is 2. The highest BCUT2D eigenvalue weighted by Gasteiger charge is 2.18. The van der Waals surface area contributed by atoms with Crippen molar-refractivity contribution >= 4 is 17.5 Å². The summed E-state index contributed by atoms with van der Waals surface area (Å²) in [6, 6.07) is 4.70. The third kappa shape index (κ3) is 3.87. The Labute approximate surface area is 124 Å². The zero-order valence-corrected chi connectivity index (χ0v) is 12.5. The lowest BCUT2D eigenvalue weighted by molar-refractivity contribution is 0.0929. The minimum absolute atomic E-state index is 0.0450. The second-order valence-electron chi connectivity index (χ2n) is 5.32. The zero-order valence-electron chi connectivity index (χ0n) is 11.7. The van der Waals surface area contributed by atoms with Gasteiger partial charge in [0.25, 0.3) is 5.91 Å². The Balaban J connectivity index is 1.89. The molecule has 1 aromatic rings. The standard InChI is InChI=1S/C15H21ClN2O2/c1-11(18-7-3-2-4-8-18)10-17-15(20)13-9-12(19)5-6-14(13)16/h5-6,9,11,19H,2-4,7-8,10H2,1H3,(H,17,20). The molecule has 1 heterocycles. The predicted octanol–water partition coefficient (Wildman–Crippen LogP) is 2.65. The van der Waals surface area contributed by atoms with Crippen LogP contribution in [0.2, 0.25) is 5.02 Å². The van der Waals surface area contributed by atoms with Gasteiger partial charge in [-0.2, -0.15) is 0 Å². The fraction of sp³-hybridized carbons (Fsp3) is 0.533. The van der Waals surface area contributed by atoms with Crippen molar-refractivity contribution in [2.75, 3.05) is 19.6 Å². The van der Waals surface area contributed by atoms with Gasteiger partial charge in [0.1, 0.15) is 5.75 Å². The second-order valence-corrected chi connectivity index (χ2v) is 5.73. The van der Waals surface area contributed by atoms with Gasteiger partial charge in [-0.3, -0.25) is 9.69 Å². The number of phenolic OH excluding ortho intramolecular Hbond substituents is 1. The average molecular weight is 297 g/mol. The first-order valence-corrected chi connectivity index (χ1v) is 7.46. The van der Waals surface area contributed by atoms with Gasteiger partial charge in [0.05, 0.1) is 10.6 Å². The van der Waals surface area contributed by atoms with Gasteiger partial charge < -0.3 is 10.4 Å². The van der Waals surface area contributed by atoms with Gasteiger partial charge in [0.15, 0.2) is 0 Å². The summed E-state index contributed by atoms with van der Waals surface area (Å²) < 4.78 is 0. The number of phenols is 1. The molecule has 2 rings (SSSR count). The van der Waals surface area contributed by atoms with Crippen molar-refractivity contribution in [2.45, 2.75) is 32.2 Å². The smallest absolute Gasteiger partial charge is 0.252 e. The maximum absolute atomic E-state index is 12.1. The fourth-order valence-electron chi connectivity index (χ4n) is 2.51. The third-order valence-corrected chi connectivity index (χ3v) is 4.10. The summed E-state index contributed by atoms with van der Waals surface area (Å²) in [5.41, 5.74) is 0.317. The monoisotopic (exact) mass is 296 g/mol. The van der Waals surface area contributed by atoms with E-state index in [1.807, 2.05) is 0 Å². The van der Waals surface area contributed by atoms with Crippen molar-refractivity contribution < 1.29 is 9.90 Å². The molecule has 1 unspecified atom stereocenters. The van der Waals surface area contributed by atoms with Gasteiger partial charge in [-0.15, -0.1) is 0 Å². The zero-order chi connectivity index (χ0) is 14.5. The van der Waals surface area contributed by atoms with Crippen molar-refractivity contribution in [3.8, 4) is 5.75 Å². The first-order chi connectivity index (χ1) is 9.58. The van der Waals surface area contributed by atoms with Crippen LogP contribution in [0.4, 0.5) is 0 Å². The Morgan fingerprint density at radius 3 is 2.80 bits per heavy atom. The minimum atomic E-state index is -0.241. The molecule has 1 aliphatic heterocycles. The molecule has 5 heteroatoms. The van der Waals surface area contributed by atoms with Gasteiger partial charge in [-0.25, -0.2) is 0 Å². The molecule has 0 aliphatic carbocycles. The van der Waals surface area contributed by atoms with Crippen LogP contribution in [-0.4, -0.2) is 41.6 Å². The number of piperidine rings is 1. The molecule has 0 aromatic heterocycles. The number of hydrogen-bond acceptors (Lipinski definition) is 3. The van der Waals surface area contributed by atoms with Crippen molar-refractivity contribution in [3.05, 3.63) is 28.8 Å². The number of amides is 1. The average Bonchev–Trinajstić information content (AvgIpc) is 2.47. The number of carbonyl (C=O) groups is 1. The summed E-state index contributed by atoms with van der Waals surface area (Å²) in [6.45, 7) is 4.91. The normalized spacial score (nSPS) is 17.7. The molecular weight excluding hydrogens is 276 g/mol. The third-order valence-electron chi connectivity index (χ3n) is 3.77. The number of nitrogens with zero attached hydrogens (tertiary/aromatic N) is 1. The maximum atomic E-state index is 12.1. The first kappa shape index (κ1) is 15.1. The van der Waals surface area contributed by atoms with Gasteiger partial charge in [-0.1, -0.05) is 18.0 Å². The summed E-state index contributed by atoms with van der Waals surface area (Å²) in [6.07, 6.45) is 3.77. The lowest BCUT2D eigenvalue weighted by atomic mass is 10.1. The molecule has 0 saturated carbocycles. The summed E-state index contributed by atoms with van der Waals surface area (Å²) in [4.78, 5) is 14.5. The van der Waals surface area contributed by atoms with Crippen LogP contribution < -0.4 is 5.32 Å². The van der Waals surface area contributed by atoms with Crippen molar-refractivity contribution in [3.63, 3.8) is 0 Å². The molecule has 20 heavy (non-hydrogen) atoms. The lowest BCUT2D eigenvalue weighted by Gasteiger charge is -2.32. The molecular formula is C15H21ClN2O2. The van der Waals surface area contributed by atoms with Crippen molar-refractivity contribution in [1.82, 2.24) is 10.2 Å². The van der Waals surface area contributed by atoms with E-state index in [-0.39, 0.29) is 11.7 Å². The van der Waals surface area contributed by atoms with Crippen LogP contribution in [0.25, 0.3) is 0 Å². The number of rotatable bonds is 4. The Hall–Kier alpha value is -1.26. The number of likely N-dealkylation sites (tertiary alicyclic amines) is 1. The Morgan fingerprint density at radius 2 is 2.10 bits per heavy atom. The molecule has 110 valence electrons. The van der Waals surface area contributed by atoms with E-state index in [1.54, 1.807) is 0 Å². The SMILES string of the molecule is CC(CNC(=O)c1cc(O)ccc1Cl)N1CCCCC1. The van der Waals surface area contributed by atoms with Crippen LogP contribution in [0.5, 0.6) is 5.75 Å². The molecule has 1 saturated heterocycles. The van der Waals surface area contributed by atoms with Crippen LogP contribution in [0, 0.1) is 0 Å². The maximum Gasteiger partial charge on any atom is 0.252 e. The van der Waals surface area contributed by atoms with Crippen LogP contribution in [0.1, 0.15) is 36.5 Å². The second kappa shape index (κ2) is 6.95. The number of halogens is 1. The van der Waals surface area contributed by atoms with Gasteiger partial charge in [0, 0.05) is 12.6 Å². The van der Waals surface area contributed by atoms with E-state index in [9.17, 15) is 9.90 Å². The largest absolute Gasteiger partial charge is 0.508 e. The summed E-state index contributed by atoms with van der Waals surface area (Å²) >= 11 is 5.97. The molecule has 1 amide bonds. The predicted molar refractivity (Wildman–Crippen MR) is 80.3 cm³/mol. The Morgan fingerprint density at radius 1 is 1.40 bits per heavy atom. The number of nitrogens with one attached hydrogen (secondary N) is 1. The number of benzene rings is 1. The molecule has 0 bridgehead atoms. The van der Waals surface area contributed by atoms with E-state index >= 15 is 0 Å². The first-order valence-electron chi connectivity index (χ1n) is 7.08. The summed E-state index contributed by atoms with van der Waals surface area (Å²) in [5.74, 6) is -0.196. The van der Waals surface area contributed by atoms with Crippen molar-refractivity contribution in [2.24, 2.45) is 0 Å². The van der Waals surface area contributed by atoms with E-state index in [0.717, 1.165) is 13.1 Å². The highest BCUT2D eigenvalue weighted by atomic mass is 35.5. The quantitative estimate of drug-likeness (QED) is 0.898. The topological polar surface area (TPSA) is 52.6 Å². The molecule has 2 N–H and O–H groups in total. The molecule has 1 fully saturated rings. The highest BCUT2D eigenvalue weighted by Crippen LogP contribution is 2.21. The van der Waals surface area contributed by atoms with E-state index in [4.69, 9.17) is 11.6 Å². The lowest BCUT2D eigenvalue weighted by Crippen LogP contribution is -2.44. The molecule has 1 aromatic carbocycles. The molecule has 1 atom stereocenters. The molecule has 1 aliphatic rings.